The van der Waals surface area contributed by atoms with Gasteiger partial charge in [0.1, 0.15) is 12.4 Å². The average molecular weight is 326 g/mol. The molecule has 1 aliphatic heterocycles. The van der Waals surface area contributed by atoms with Gasteiger partial charge in [-0.2, -0.15) is 0 Å². The van der Waals surface area contributed by atoms with Crippen LogP contribution in [0.2, 0.25) is 0 Å². The number of aromatic nitrogens is 1. The van der Waals surface area contributed by atoms with Crippen LogP contribution in [0.5, 0.6) is 5.75 Å². The van der Waals surface area contributed by atoms with Gasteiger partial charge in [0.05, 0.1) is 0 Å². The van der Waals surface area contributed by atoms with Gasteiger partial charge < -0.3 is 15.0 Å². The third-order valence-electron chi connectivity index (χ3n) is 4.01. The van der Waals surface area contributed by atoms with Crippen molar-refractivity contribution in [2.75, 3.05) is 44.6 Å². The van der Waals surface area contributed by atoms with Gasteiger partial charge in [0.2, 0.25) is 0 Å². The monoisotopic (exact) mass is 326 g/mol. The molecule has 6 nitrogen and oxygen atoms in total. The van der Waals surface area contributed by atoms with Gasteiger partial charge in [-0.15, -0.1) is 0 Å². The fourth-order valence-corrected chi connectivity index (χ4v) is 2.62. The number of carbonyl (C=O) groups is 1. The first kappa shape index (κ1) is 16.3. The van der Waals surface area contributed by atoms with Crippen LogP contribution >= 0.6 is 0 Å². The van der Waals surface area contributed by atoms with Crippen LogP contribution < -0.4 is 10.1 Å². The van der Waals surface area contributed by atoms with E-state index >= 15 is 0 Å². The van der Waals surface area contributed by atoms with Crippen LogP contribution in [0.3, 0.4) is 0 Å². The first-order valence-electron chi connectivity index (χ1n) is 8.17. The number of hydrogen-bond acceptors (Lipinski definition) is 4. The summed E-state index contributed by atoms with van der Waals surface area (Å²) in [7, 11) is 0. The zero-order valence-corrected chi connectivity index (χ0v) is 13.6. The number of rotatable bonds is 5. The van der Waals surface area contributed by atoms with Gasteiger partial charge in [-0.25, -0.2) is 4.79 Å². The molecular weight excluding hydrogens is 304 g/mol. The number of piperazine rings is 1. The summed E-state index contributed by atoms with van der Waals surface area (Å²) in [6.45, 7) is 4.70. The van der Waals surface area contributed by atoms with E-state index < -0.39 is 0 Å². The lowest BCUT2D eigenvalue weighted by Crippen LogP contribution is -2.50. The second kappa shape index (κ2) is 8.31. The minimum Gasteiger partial charge on any atom is -0.492 e. The van der Waals surface area contributed by atoms with Crippen molar-refractivity contribution < 1.29 is 9.53 Å². The Morgan fingerprint density at radius 2 is 1.75 bits per heavy atom. The van der Waals surface area contributed by atoms with E-state index in [1.54, 1.807) is 24.5 Å². The number of pyridine rings is 1. The number of amides is 2. The summed E-state index contributed by atoms with van der Waals surface area (Å²) in [6.07, 6.45) is 3.33. The molecule has 2 amide bonds. The molecule has 1 N–H and O–H groups in total. The molecule has 0 bridgehead atoms. The third kappa shape index (κ3) is 4.70. The molecule has 2 heterocycles. The Labute approximate surface area is 142 Å². The Balaban J connectivity index is 1.37. The molecule has 0 atom stereocenters. The van der Waals surface area contributed by atoms with Crippen molar-refractivity contribution in [3.8, 4) is 5.75 Å². The highest BCUT2D eigenvalue weighted by Gasteiger charge is 2.20. The van der Waals surface area contributed by atoms with Crippen LogP contribution in [0.15, 0.2) is 54.9 Å². The fourth-order valence-electron chi connectivity index (χ4n) is 2.62. The van der Waals surface area contributed by atoms with E-state index in [9.17, 15) is 4.79 Å². The van der Waals surface area contributed by atoms with E-state index in [0.29, 0.717) is 6.61 Å². The van der Waals surface area contributed by atoms with E-state index in [0.717, 1.165) is 44.2 Å². The summed E-state index contributed by atoms with van der Waals surface area (Å²) in [6, 6.07) is 13.3. The van der Waals surface area contributed by atoms with Crippen molar-refractivity contribution >= 4 is 11.7 Å². The van der Waals surface area contributed by atoms with E-state index in [4.69, 9.17) is 4.74 Å². The number of benzene rings is 1. The molecule has 0 aliphatic carbocycles. The van der Waals surface area contributed by atoms with Gasteiger partial charge in [-0.3, -0.25) is 9.88 Å². The minimum absolute atomic E-state index is 0.0543. The van der Waals surface area contributed by atoms with Gasteiger partial charge in [0.25, 0.3) is 0 Å². The van der Waals surface area contributed by atoms with Crippen molar-refractivity contribution in [3.63, 3.8) is 0 Å². The van der Waals surface area contributed by atoms with E-state index in [1.807, 2.05) is 35.2 Å². The SMILES string of the molecule is O=C(Nc1ccncc1)N1CCN(CCOc2ccccc2)CC1. The Bertz CT molecular complexity index is 628. The molecular formula is C18H22N4O2. The number of hydrogen-bond donors (Lipinski definition) is 1. The number of para-hydroxylation sites is 1. The molecule has 1 aliphatic rings. The molecule has 0 radical (unpaired) electrons. The first-order valence-corrected chi connectivity index (χ1v) is 8.17. The maximum Gasteiger partial charge on any atom is 0.321 e. The largest absolute Gasteiger partial charge is 0.492 e. The van der Waals surface area contributed by atoms with Gasteiger partial charge in [-0.05, 0) is 24.3 Å². The van der Waals surface area contributed by atoms with Crippen molar-refractivity contribution in [1.82, 2.24) is 14.8 Å². The topological polar surface area (TPSA) is 57.7 Å². The molecule has 1 aromatic heterocycles. The molecule has 2 aromatic rings. The molecule has 0 unspecified atom stereocenters. The highest BCUT2D eigenvalue weighted by Crippen LogP contribution is 2.10. The smallest absolute Gasteiger partial charge is 0.321 e. The van der Waals surface area contributed by atoms with E-state index in [1.165, 1.54) is 0 Å². The molecule has 1 aromatic carbocycles. The molecule has 0 spiro atoms. The van der Waals surface area contributed by atoms with Crippen molar-refractivity contribution in [2.45, 2.75) is 0 Å². The standard InChI is InChI=1S/C18H22N4O2/c23-18(20-16-6-8-19-9-7-16)22-12-10-21(11-13-22)14-15-24-17-4-2-1-3-5-17/h1-9H,10-15H2,(H,19,20,23). The predicted octanol–water partition coefficient (Wildman–Crippen LogP) is 2.31. The Hall–Kier alpha value is -2.60. The Kier molecular flexibility index (Phi) is 5.63. The van der Waals surface area contributed by atoms with Crippen LogP contribution in [-0.4, -0.2) is 60.1 Å². The lowest BCUT2D eigenvalue weighted by Gasteiger charge is -2.34. The summed E-state index contributed by atoms with van der Waals surface area (Å²) in [5.74, 6) is 0.896. The van der Waals surface area contributed by atoms with Crippen molar-refractivity contribution in [1.29, 1.82) is 0 Å². The number of carbonyl (C=O) groups excluding carboxylic acids is 1. The normalized spacial score (nSPS) is 15.1. The third-order valence-corrected chi connectivity index (χ3v) is 4.01. The maximum atomic E-state index is 12.2. The maximum absolute atomic E-state index is 12.2. The summed E-state index contributed by atoms with van der Waals surface area (Å²) < 4.78 is 5.72. The summed E-state index contributed by atoms with van der Waals surface area (Å²) >= 11 is 0. The van der Waals surface area contributed by atoms with Crippen LogP contribution in [0.4, 0.5) is 10.5 Å². The number of anilines is 1. The zero-order valence-electron chi connectivity index (χ0n) is 13.6. The van der Waals surface area contributed by atoms with Gasteiger partial charge in [0.15, 0.2) is 0 Å². The fraction of sp³-hybridized carbons (Fsp3) is 0.333. The Morgan fingerprint density at radius 3 is 2.46 bits per heavy atom. The van der Waals surface area contributed by atoms with E-state index in [-0.39, 0.29) is 6.03 Å². The van der Waals surface area contributed by atoms with Crippen LogP contribution in [0.1, 0.15) is 0 Å². The van der Waals surface area contributed by atoms with Gasteiger partial charge in [-0.1, -0.05) is 18.2 Å². The molecule has 126 valence electrons. The number of nitrogens with one attached hydrogen (secondary N) is 1. The zero-order chi connectivity index (χ0) is 16.6. The second-order valence-electron chi connectivity index (χ2n) is 5.66. The summed E-state index contributed by atoms with van der Waals surface area (Å²) in [5, 5.41) is 2.89. The van der Waals surface area contributed by atoms with Crippen LogP contribution in [0, 0.1) is 0 Å². The quantitative estimate of drug-likeness (QED) is 0.916. The highest BCUT2D eigenvalue weighted by atomic mass is 16.5. The minimum atomic E-state index is -0.0543. The molecule has 6 heteroatoms. The molecule has 1 saturated heterocycles. The number of urea groups is 1. The lowest BCUT2D eigenvalue weighted by atomic mass is 10.3. The van der Waals surface area contributed by atoms with Gasteiger partial charge >= 0.3 is 6.03 Å². The molecule has 24 heavy (non-hydrogen) atoms. The summed E-state index contributed by atoms with van der Waals surface area (Å²) in [5.41, 5.74) is 0.772. The molecule has 3 rings (SSSR count). The number of nitrogens with zero attached hydrogens (tertiary/aromatic N) is 3. The van der Waals surface area contributed by atoms with Crippen LogP contribution in [0.25, 0.3) is 0 Å². The lowest BCUT2D eigenvalue weighted by molar-refractivity contribution is 0.132. The van der Waals surface area contributed by atoms with Crippen molar-refractivity contribution in [2.24, 2.45) is 0 Å². The second-order valence-corrected chi connectivity index (χ2v) is 5.66. The summed E-state index contributed by atoms with van der Waals surface area (Å²) in [4.78, 5) is 20.3. The number of ether oxygens (including phenoxy) is 1. The predicted molar refractivity (Wildman–Crippen MR) is 93.2 cm³/mol. The highest BCUT2D eigenvalue weighted by molar-refractivity contribution is 5.89. The van der Waals surface area contributed by atoms with E-state index in [2.05, 4.69) is 15.2 Å². The van der Waals surface area contributed by atoms with Crippen LogP contribution in [-0.2, 0) is 0 Å². The molecule has 1 fully saturated rings. The molecule has 0 saturated carbocycles. The Morgan fingerprint density at radius 1 is 1.04 bits per heavy atom. The first-order chi connectivity index (χ1) is 11.8. The average Bonchev–Trinajstić information content (AvgIpc) is 2.64. The van der Waals surface area contributed by atoms with Crippen molar-refractivity contribution in [3.05, 3.63) is 54.9 Å². The van der Waals surface area contributed by atoms with Gasteiger partial charge in [0, 0.05) is 50.8 Å².